The van der Waals surface area contributed by atoms with Crippen LogP contribution in [0.4, 0.5) is 28.8 Å². The highest BCUT2D eigenvalue weighted by Crippen LogP contribution is 2.25. The van der Waals surface area contributed by atoms with E-state index in [0.29, 0.717) is 36.8 Å². The fourth-order valence-electron chi connectivity index (χ4n) is 5.29. The number of aromatic nitrogens is 2. The number of rotatable bonds is 19. The fraction of sp³-hybridized carbons (Fsp3) is 0.382. The minimum absolute atomic E-state index is 0.0603. The van der Waals surface area contributed by atoms with Crippen molar-refractivity contribution >= 4 is 82.3 Å². The molecule has 4 rings (SSSR count). The third-order valence-corrected chi connectivity index (χ3v) is 8.33. The molecule has 1 aliphatic rings. The number of fused-ring (bicyclic) bond motifs is 1. The molecular weight excluding hydrogens is 735 g/mol. The number of aliphatic carboxylic acids is 3. The van der Waals surface area contributed by atoms with Crippen LogP contribution in [0.3, 0.4) is 0 Å². The minimum atomic E-state index is -1.33. The number of benzene rings is 2. The number of carboxylic acid groups (broad SMARTS) is 3. The quantitative estimate of drug-likeness (QED) is 0.0643. The number of nitrogens with zero attached hydrogens (tertiary/aromatic N) is 3. The van der Waals surface area contributed by atoms with E-state index in [1.807, 2.05) is 24.3 Å². The summed E-state index contributed by atoms with van der Waals surface area (Å²) in [6.07, 6.45) is 1.57. The highest BCUT2D eigenvalue weighted by atomic mass is 35.5. The van der Waals surface area contributed by atoms with E-state index in [-0.39, 0.29) is 42.4 Å². The highest BCUT2D eigenvalue weighted by molar-refractivity contribution is 6.18. The van der Waals surface area contributed by atoms with E-state index in [1.165, 1.54) is 17.0 Å². The van der Waals surface area contributed by atoms with Gasteiger partial charge in [0.25, 0.3) is 11.5 Å². The second kappa shape index (κ2) is 21.1. The summed E-state index contributed by atoms with van der Waals surface area (Å²) in [6.45, 7) is 2.11. The Kier molecular flexibility index (Phi) is 16.7. The van der Waals surface area contributed by atoms with Crippen LogP contribution in [0.2, 0.25) is 0 Å². The van der Waals surface area contributed by atoms with Gasteiger partial charge in [-0.1, -0.05) is 12.1 Å². The maximum Gasteiger partial charge on any atom is 0.326 e. The van der Waals surface area contributed by atoms with Crippen molar-refractivity contribution in [3.63, 3.8) is 0 Å². The Bertz CT molecular complexity index is 1750. The van der Waals surface area contributed by atoms with Crippen molar-refractivity contribution in [1.82, 2.24) is 15.3 Å². The van der Waals surface area contributed by atoms with Crippen LogP contribution in [0.1, 0.15) is 41.6 Å². The van der Waals surface area contributed by atoms with E-state index in [2.05, 4.69) is 30.8 Å². The van der Waals surface area contributed by atoms with Crippen LogP contribution < -0.4 is 37.0 Å². The summed E-state index contributed by atoms with van der Waals surface area (Å²) < 4.78 is 0. The molecule has 1 unspecified atom stereocenters. The molecule has 2 aromatic carbocycles. The average molecular weight is 778 g/mol. The van der Waals surface area contributed by atoms with Crippen LogP contribution in [0.25, 0.3) is 0 Å². The Labute approximate surface area is 314 Å². The number of hydrogen-bond acceptors (Lipinski definition) is 11. The van der Waals surface area contributed by atoms with Crippen molar-refractivity contribution in [2.75, 3.05) is 64.1 Å². The standard InChI is InChI=1S/C20H23N7O7.C14H19Cl2NO2/c21-20-25-16-15(18(32)26-20)27(9-28)12(8-23-16)7-22-11-3-1-10(2-4-11)17(31)24-13(19(33)34)5-6-14(29)30;15-8-10-17(11-9-16)13-6-4-12(5-7-13)2-1-3-14(18)19/h1-4,9,12-13,22H,5-8H2,(H,24,31)(H,29,30)(H,33,34)(H4,21,23,25,26,32);4-7H,1-3,8-11H2,(H,18,19)/t12?,13-;/m0./s1. The lowest BCUT2D eigenvalue weighted by Crippen LogP contribution is -2.50. The number of aromatic amines is 1. The third kappa shape index (κ3) is 13.2. The number of alkyl halides is 2. The van der Waals surface area contributed by atoms with Gasteiger partial charge < -0.3 is 46.8 Å². The first-order valence-electron chi connectivity index (χ1n) is 16.5. The Morgan fingerprint density at radius 1 is 1.00 bits per heavy atom. The summed E-state index contributed by atoms with van der Waals surface area (Å²) in [7, 11) is 0. The second-order valence-electron chi connectivity index (χ2n) is 11.7. The molecule has 1 aliphatic heterocycles. The zero-order valence-electron chi connectivity index (χ0n) is 28.6. The van der Waals surface area contributed by atoms with Crippen LogP contribution in [-0.2, 0) is 25.6 Å². The van der Waals surface area contributed by atoms with Gasteiger partial charge in [0.2, 0.25) is 12.4 Å². The number of H-pyrrole nitrogens is 1. The molecule has 2 atom stereocenters. The lowest BCUT2D eigenvalue weighted by molar-refractivity contribution is -0.141. The van der Waals surface area contributed by atoms with Crippen molar-refractivity contribution in [3.05, 3.63) is 70.0 Å². The number of carbonyl (C=O) groups excluding carboxylic acids is 2. The monoisotopic (exact) mass is 776 g/mol. The molecule has 17 nitrogen and oxygen atoms in total. The molecule has 3 aromatic rings. The van der Waals surface area contributed by atoms with E-state index >= 15 is 0 Å². The lowest BCUT2D eigenvalue weighted by atomic mass is 10.1. The predicted molar refractivity (Wildman–Crippen MR) is 201 cm³/mol. The molecular formula is C34H42Cl2N8O9. The smallest absolute Gasteiger partial charge is 0.326 e. The van der Waals surface area contributed by atoms with E-state index in [4.69, 9.17) is 39.1 Å². The van der Waals surface area contributed by atoms with Gasteiger partial charge in [0.15, 0.2) is 11.5 Å². The van der Waals surface area contributed by atoms with Gasteiger partial charge in [0.1, 0.15) is 6.04 Å². The summed E-state index contributed by atoms with van der Waals surface area (Å²) in [6, 6.07) is 12.5. The Balaban J connectivity index is 0.000000337. The van der Waals surface area contributed by atoms with Gasteiger partial charge >= 0.3 is 17.9 Å². The molecule has 0 bridgehead atoms. The van der Waals surface area contributed by atoms with Gasteiger partial charge in [0, 0.05) is 67.7 Å². The number of hydrogen-bond donors (Lipinski definition) is 8. The van der Waals surface area contributed by atoms with Crippen molar-refractivity contribution in [2.24, 2.45) is 0 Å². The molecule has 0 fully saturated rings. The van der Waals surface area contributed by atoms with E-state index in [0.717, 1.165) is 30.8 Å². The van der Waals surface area contributed by atoms with Crippen LogP contribution in [0.15, 0.2) is 53.3 Å². The average Bonchev–Trinajstić information content (AvgIpc) is 3.12. The fourth-order valence-corrected chi connectivity index (χ4v) is 5.69. The van der Waals surface area contributed by atoms with Crippen molar-refractivity contribution in [1.29, 1.82) is 0 Å². The first kappa shape index (κ1) is 41.9. The normalized spacial score (nSPS) is 13.6. The van der Waals surface area contributed by atoms with E-state index in [9.17, 15) is 33.9 Å². The second-order valence-corrected chi connectivity index (χ2v) is 12.5. The molecule has 0 radical (unpaired) electrons. The number of aryl methyl sites for hydroxylation is 1. The number of nitrogen functional groups attached to an aromatic ring is 1. The maximum absolute atomic E-state index is 12.3. The number of amides is 2. The molecule has 53 heavy (non-hydrogen) atoms. The molecule has 0 aliphatic carbocycles. The maximum atomic E-state index is 12.3. The summed E-state index contributed by atoms with van der Waals surface area (Å²) in [5, 5.41) is 34.9. The number of anilines is 5. The first-order valence-corrected chi connectivity index (χ1v) is 17.6. The van der Waals surface area contributed by atoms with Gasteiger partial charge in [-0.2, -0.15) is 4.98 Å². The molecule has 2 amide bonds. The van der Waals surface area contributed by atoms with Gasteiger partial charge in [-0.05, 0) is 61.2 Å². The van der Waals surface area contributed by atoms with Crippen molar-refractivity contribution in [3.8, 4) is 0 Å². The number of nitrogens with two attached hydrogens (primary N) is 1. The predicted octanol–water partition coefficient (Wildman–Crippen LogP) is 2.65. The number of halogens is 2. The number of carbonyl (C=O) groups is 5. The molecule has 19 heteroatoms. The molecule has 9 N–H and O–H groups in total. The molecule has 0 saturated carbocycles. The van der Waals surface area contributed by atoms with Crippen molar-refractivity contribution in [2.45, 2.75) is 44.2 Å². The zero-order valence-corrected chi connectivity index (χ0v) is 30.1. The molecule has 2 heterocycles. The molecule has 1 aromatic heterocycles. The number of nitrogens with one attached hydrogen (secondary N) is 4. The van der Waals surface area contributed by atoms with E-state index < -0.39 is 47.9 Å². The van der Waals surface area contributed by atoms with Crippen LogP contribution >= 0.6 is 23.2 Å². The Hall–Kier alpha value is -5.55. The molecule has 0 spiro atoms. The third-order valence-electron chi connectivity index (χ3n) is 7.99. The Morgan fingerprint density at radius 3 is 2.21 bits per heavy atom. The van der Waals surface area contributed by atoms with Crippen LogP contribution in [0.5, 0.6) is 0 Å². The minimum Gasteiger partial charge on any atom is -0.481 e. The van der Waals surface area contributed by atoms with Gasteiger partial charge in [0.05, 0.1) is 6.04 Å². The summed E-state index contributed by atoms with van der Waals surface area (Å²) in [4.78, 5) is 78.3. The lowest BCUT2D eigenvalue weighted by Gasteiger charge is -2.34. The number of carboxylic acids is 3. The van der Waals surface area contributed by atoms with Crippen LogP contribution in [0, 0.1) is 0 Å². The SMILES string of the molecule is Nc1nc2c(c(=O)[nH]1)N(C=O)C(CNc1ccc(C(=O)N[C@@H](CCC(=O)O)C(=O)O)cc1)CN2.O=C(O)CCCc1ccc(N(CCCl)CCCl)cc1. The van der Waals surface area contributed by atoms with Crippen molar-refractivity contribution < 1.29 is 39.3 Å². The molecule has 0 saturated heterocycles. The largest absolute Gasteiger partial charge is 0.481 e. The summed E-state index contributed by atoms with van der Waals surface area (Å²) >= 11 is 11.5. The highest BCUT2D eigenvalue weighted by Gasteiger charge is 2.30. The van der Waals surface area contributed by atoms with Gasteiger partial charge in [-0.15, -0.1) is 23.2 Å². The van der Waals surface area contributed by atoms with Gasteiger partial charge in [-0.25, -0.2) is 4.79 Å². The van der Waals surface area contributed by atoms with Crippen LogP contribution in [-0.4, -0.2) is 106 Å². The van der Waals surface area contributed by atoms with Gasteiger partial charge in [-0.3, -0.25) is 29.0 Å². The summed E-state index contributed by atoms with van der Waals surface area (Å²) in [5.41, 5.74) is 8.09. The zero-order chi connectivity index (χ0) is 38.9. The summed E-state index contributed by atoms with van der Waals surface area (Å²) in [5.74, 6) is -2.61. The topological polar surface area (TPSA) is 260 Å². The van der Waals surface area contributed by atoms with E-state index in [1.54, 1.807) is 12.1 Å². The first-order chi connectivity index (χ1) is 25.4. The Morgan fingerprint density at radius 2 is 1.64 bits per heavy atom. The molecule has 286 valence electrons.